The van der Waals surface area contributed by atoms with Crippen molar-refractivity contribution in [1.29, 1.82) is 0 Å². The van der Waals surface area contributed by atoms with Gasteiger partial charge in [-0.1, -0.05) is 35.5 Å². The van der Waals surface area contributed by atoms with Gasteiger partial charge in [0.1, 0.15) is 6.04 Å². The zero-order valence-electron chi connectivity index (χ0n) is 12.1. The van der Waals surface area contributed by atoms with Gasteiger partial charge in [0.15, 0.2) is 5.84 Å². The minimum Gasteiger partial charge on any atom is -0.409 e. The third-order valence-corrected chi connectivity index (χ3v) is 3.94. The highest BCUT2D eigenvalue weighted by molar-refractivity contribution is 7.89. The van der Waals surface area contributed by atoms with Crippen LogP contribution in [0.15, 0.2) is 35.5 Å². The minimum absolute atomic E-state index is 0.0470. The summed E-state index contributed by atoms with van der Waals surface area (Å²) in [7, 11) is -3.63. The normalized spacial score (nSPS) is 14.3. The number of oxime groups is 1. The molecule has 1 unspecified atom stereocenters. The van der Waals surface area contributed by atoms with Gasteiger partial charge >= 0.3 is 0 Å². The van der Waals surface area contributed by atoms with E-state index in [-0.39, 0.29) is 24.3 Å². The molecular weight excluding hydrogens is 294 g/mol. The van der Waals surface area contributed by atoms with Crippen molar-refractivity contribution in [3.05, 3.63) is 35.9 Å². The molecule has 0 fully saturated rings. The Kier molecular flexibility index (Phi) is 6.60. The maximum Gasteiger partial charge on any atom is 0.214 e. The number of nitrogens with two attached hydrogens (primary N) is 1. The molecule has 0 aliphatic rings. The fourth-order valence-electron chi connectivity index (χ4n) is 1.63. The standard InChI is InChI=1S/C13H21N3O4S/c1-10(2)20-8-9-21(18,19)16-12(13(14)15-17)11-6-4-3-5-7-11/h3-7,10,12,16-17H,8-9H2,1-2H3,(H2,14,15). The summed E-state index contributed by atoms with van der Waals surface area (Å²) >= 11 is 0. The molecule has 4 N–H and O–H groups in total. The van der Waals surface area contributed by atoms with Crippen molar-refractivity contribution in [2.24, 2.45) is 10.9 Å². The first-order chi connectivity index (χ1) is 9.85. The molecule has 0 amide bonds. The number of rotatable bonds is 8. The number of nitrogens with one attached hydrogen (secondary N) is 1. The maximum atomic E-state index is 12.0. The molecule has 7 nitrogen and oxygen atoms in total. The van der Waals surface area contributed by atoms with Crippen molar-refractivity contribution in [2.45, 2.75) is 26.0 Å². The average Bonchev–Trinajstić information content (AvgIpc) is 2.44. The topological polar surface area (TPSA) is 114 Å². The first-order valence-electron chi connectivity index (χ1n) is 6.49. The molecule has 8 heteroatoms. The molecule has 0 bridgehead atoms. The van der Waals surface area contributed by atoms with Crippen LogP contribution in [-0.2, 0) is 14.8 Å². The van der Waals surface area contributed by atoms with E-state index in [4.69, 9.17) is 15.7 Å². The summed E-state index contributed by atoms with van der Waals surface area (Å²) in [5.41, 5.74) is 6.16. The van der Waals surface area contributed by atoms with Gasteiger partial charge in [0.25, 0.3) is 0 Å². The summed E-state index contributed by atoms with van der Waals surface area (Å²) in [5, 5.41) is 11.7. The first-order valence-corrected chi connectivity index (χ1v) is 8.15. The third-order valence-electron chi connectivity index (χ3n) is 2.64. The van der Waals surface area contributed by atoms with E-state index in [1.54, 1.807) is 30.3 Å². The molecular formula is C13H21N3O4S. The molecule has 0 heterocycles. The van der Waals surface area contributed by atoms with E-state index in [0.717, 1.165) is 0 Å². The predicted octanol–water partition coefficient (Wildman–Crippen LogP) is 0.819. The lowest BCUT2D eigenvalue weighted by Crippen LogP contribution is -2.39. The number of hydrogen-bond donors (Lipinski definition) is 3. The van der Waals surface area contributed by atoms with Crippen LogP contribution in [0.2, 0.25) is 0 Å². The Labute approximate surface area is 124 Å². The zero-order valence-corrected chi connectivity index (χ0v) is 12.9. The molecule has 1 atom stereocenters. The van der Waals surface area contributed by atoms with Crippen molar-refractivity contribution in [2.75, 3.05) is 12.4 Å². The number of sulfonamides is 1. The lowest BCUT2D eigenvalue weighted by Gasteiger charge is -2.18. The fraction of sp³-hybridized carbons (Fsp3) is 0.462. The lowest BCUT2D eigenvalue weighted by atomic mass is 10.1. The van der Waals surface area contributed by atoms with Gasteiger partial charge in [-0.05, 0) is 19.4 Å². The Hall–Kier alpha value is -1.64. The van der Waals surface area contributed by atoms with Gasteiger partial charge in [-0.2, -0.15) is 4.72 Å². The second-order valence-corrected chi connectivity index (χ2v) is 6.60. The fourth-order valence-corrected chi connectivity index (χ4v) is 2.68. The van der Waals surface area contributed by atoms with Crippen LogP contribution in [0.25, 0.3) is 0 Å². The van der Waals surface area contributed by atoms with Crippen LogP contribution in [0.3, 0.4) is 0 Å². The number of benzene rings is 1. The summed E-state index contributed by atoms with van der Waals surface area (Å²) in [4.78, 5) is 0. The molecule has 1 aromatic carbocycles. The SMILES string of the molecule is CC(C)OCCS(=O)(=O)NC(C(N)=NO)c1ccccc1. The highest BCUT2D eigenvalue weighted by Crippen LogP contribution is 2.14. The van der Waals surface area contributed by atoms with Crippen molar-refractivity contribution in [3.8, 4) is 0 Å². The number of amidine groups is 1. The quantitative estimate of drug-likeness (QED) is 0.284. The first kappa shape index (κ1) is 17.4. The van der Waals surface area contributed by atoms with Crippen LogP contribution < -0.4 is 10.5 Å². The summed E-state index contributed by atoms with van der Waals surface area (Å²) in [6.45, 7) is 3.72. The Morgan fingerprint density at radius 3 is 2.52 bits per heavy atom. The second-order valence-electron chi connectivity index (χ2n) is 4.72. The molecule has 0 radical (unpaired) electrons. The van der Waals surface area contributed by atoms with Crippen LogP contribution in [0.5, 0.6) is 0 Å². The largest absolute Gasteiger partial charge is 0.409 e. The molecule has 1 rings (SSSR count). The van der Waals surface area contributed by atoms with Crippen LogP contribution in [0, 0.1) is 0 Å². The highest BCUT2D eigenvalue weighted by atomic mass is 32.2. The number of nitrogens with zero attached hydrogens (tertiary/aromatic N) is 1. The average molecular weight is 315 g/mol. The van der Waals surface area contributed by atoms with Gasteiger partial charge in [0.2, 0.25) is 10.0 Å². The zero-order chi connectivity index (χ0) is 15.9. The van der Waals surface area contributed by atoms with Gasteiger partial charge in [-0.25, -0.2) is 8.42 Å². The molecule has 0 saturated heterocycles. The van der Waals surface area contributed by atoms with E-state index in [1.807, 2.05) is 13.8 Å². The molecule has 0 aliphatic carbocycles. The van der Waals surface area contributed by atoms with Crippen LogP contribution in [0.1, 0.15) is 25.5 Å². The molecule has 118 valence electrons. The van der Waals surface area contributed by atoms with E-state index >= 15 is 0 Å². The Balaban J connectivity index is 2.82. The Morgan fingerprint density at radius 2 is 2.00 bits per heavy atom. The van der Waals surface area contributed by atoms with Gasteiger partial charge in [-0.3, -0.25) is 0 Å². The van der Waals surface area contributed by atoms with Crippen LogP contribution in [-0.4, -0.2) is 37.9 Å². The van der Waals surface area contributed by atoms with Crippen molar-refractivity contribution < 1.29 is 18.4 Å². The van der Waals surface area contributed by atoms with Gasteiger partial charge in [0, 0.05) is 0 Å². The van der Waals surface area contributed by atoms with E-state index in [0.29, 0.717) is 5.56 Å². The highest BCUT2D eigenvalue weighted by Gasteiger charge is 2.23. The Bertz CT molecular complexity index is 558. The Morgan fingerprint density at radius 1 is 1.38 bits per heavy atom. The molecule has 0 aromatic heterocycles. The predicted molar refractivity (Wildman–Crippen MR) is 80.6 cm³/mol. The van der Waals surface area contributed by atoms with Crippen LogP contribution >= 0.6 is 0 Å². The molecule has 0 spiro atoms. The third kappa shape index (κ3) is 6.11. The summed E-state index contributed by atoms with van der Waals surface area (Å²) < 4.78 is 31.7. The van der Waals surface area contributed by atoms with E-state index in [9.17, 15) is 8.42 Å². The monoisotopic (exact) mass is 315 g/mol. The minimum atomic E-state index is -3.63. The summed E-state index contributed by atoms with van der Waals surface area (Å²) in [6.07, 6.45) is -0.0470. The molecule has 1 aromatic rings. The maximum absolute atomic E-state index is 12.0. The van der Waals surface area contributed by atoms with Crippen LogP contribution in [0.4, 0.5) is 0 Å². The van der Waals surface area contributed by atoms with Crippen molar-refractivity contribution in [3.63, 3.8) is 0 Å². The van der Waals surface area contributed by atoms with Gasteiger partial charge in [0.05, 0.1) is 18.5 Å². The molecule has 0 aliphatic heterocycles. The molecule has 0 saturated carbocycles. The number of ether oxygens (including phenoxy) is 1. The van der Waals surface area contributed by atoms with Gasteiger partial charge in [-0.15, -0.1) is 0 Å². The summed E-state index contributed by atoms with van der Waals surface area (Å²) in [6, 6.07) is 7.73. The second kappa shape index (κ2) is 7.96. The van der Waals surface area contributed by atoms with E-state index < -0.39 is 16.1 Å². The van der Waals surface area contributed by atoms with Gasteiger partial charge < -0.3 is 15.7 Å². The van der Waals surface area contributed by atoms with Crippen molar-refractivity contribution >= 4 is 15.9 Å². The summed E-state index contributed by atoms with van der Waals surface area (Å²) in [5.74, 6) is -0.428. The smallest absolute Gasteiger partial charge is 0.214 e. The molecule has 21 heavy (non-hydrogen) atoms. The van der Waals surface area contributed by atoms with Crippen molar-refractivity contribution in [1.82, 2.24) is 4.72 Å². The van der Waals surface area contributed by atoms with E-state index in [2.05, 4.69) is 9.88 Å². The number of hydrogen-bond acceptors (Lipinski definition) is 5. The lowest BCUT2D eigenvalue weighted by molar-refractivity contribution is 0.0911. The van der Waals surface area contributed by atoms with E-state index in [1.165, 1.54) is 0 Å².